The maximum Gasteiger partial charge on any atom is 0.243 e. The lowest BCUT2D eigenvalue weighted by Gasteiger charge is -2.57. The van der Waals surface area contributed by atoms with E-state index in [1.165, 1.54) is 19.3 Å². The molecule has 6 rings (SSSR count). The van der Waals surface area contributed by atoms with Crippen LogP contribution in [0.25, 0.3) is 0 Å². The summed E-state index contributed by atoms with van der Waals surface area (Å²) in [7, 11) is -3.61. The van der Waals surface area contributed by atoms with Gasteiger partial charge in [0, 0.05) is 30.1 Å². The van der Waals surface area contributed by atoms with Gasteiger partial charge in [0.25, 0.3) is 0 Å². The van der Waals surface area contributed by atoms with E-state index in [1.54, 1.807) is 29.4 Å². The Morgan fingerprint density at radius 1 is 1.16 bits per heavy atom. The highest BCUT2D eigenvalue weighted by Crippen LogP contribution is 2.55. The molecule has 1 saturated heterocycles. The third-order valence-corrected chi connectivity index (χ3v) is 10.7. The van der Waals surface area contributed by atoms with Crippen LogP contribution in [0.2, 0.25) is 5.02 Å². The van der Waals surface area contributed by atoms with Crippen LogP contribution >= 0.6 is 11.6 Å². The van der Waals surface area contributed by atoms with Crippen LogP contribution < -0.4 is 5.32 Å². The largest absolute Gasteiger partial charge is 0.351 e. The highest BCUT2D eigenvalue weighted by molar-refractivity contribution is 7.89. The molecule has 0 radical (unpaired) electrons. The highest BCUT2D eigenvalue weighted by atomic mass is 35.5. The first-order valence-electron chi connectivity index (χ1n) is 11.8. The zero-order valence-corrected chi connectivity index (χ0v) is 19.9. The predicted molar refractivity (Wildman–Crippen MR) is 121 cm³/mol. The molecular weight excluding hydrogens is 432 g/mol. The molecule has 1 aromatic rings. The van der Waals surface area contributed by atoms with Crippen molar-refractivity contribution < 1.29 is 13.2 Å². The van der Waals surface area contributed by atoms with Gasteiger partial charge in [-0.25, -0.2) is 8.42 Å². The smallest absolute Gasteiger partial charge is 0.243 e. The second kappa shape index (κ2) is 8.03. The van der Waals surface area contributed by atoms with E-state index in [2.05, 4.69) is 5.32 Å². The van der Waals surface area contributed by atoms with Crippen molar-refractivity contribution in [2.45, 2.75) is 75.1 Å². The van der Waals surface area contributed by atoms with E-state index in [0.29, 0.717) is 30.1 Å². The molecule has 0 spiro atoms. The summed E-state index contributed by atoms with van der Waals surface area (Å²) in [5.74, 6) is 2.57. The summed E-state index contributed by atoms with van der Waals surface area (Å²) < 4.78 is 28.1. The number of benzene rings is 1. The summed E-state index contributed by atoms with van der Waals surface area (Å²) in [6.07, 6.45) is 9.59. The molecule has 1 amide bonds. The maximum atomic E-state index is 13.3. The Morgan fingerprint density at radius 3 is 2.45 bits per heavy atom. The van der Waals surface area contributed by atoms with Crippen LogP contribution in [-0.2, 0) is 14.8 Å². The molecule has 4 saturated carbocycles. The molecule has 1 aromatic carbocycles. The molecule has 4 aliphatic carbocycles. The van der Waals surface area contributed by atoms with Gasteiger partial charge in [-0.05, 0) is 99.7 Å². The third kappa shape index (κ3) is 4.16. The van der Waals surface area contributed by atoms with Crippen LogP contribution in [0.5, 0.6) is 0 Å². The molecule has 5 fully saturated rings. The fraction of sp³-hybridized carbons (Fsp3) is 0.708. The van der Waals surface area contributed by atoms with Gasteiger partial charge in [-0.15, -0.1) is 0 Å². The van der Waals surface area contributed by atoms with E-state index >= 15 is 0 Å². The van der Waals surface area contributed by atoms with Crippen molar-refractivity contribution in [3.05, 3.63) is 28.8 Å². The zero-order chi connectivity index (χ0) is 21.8. The molecule has 5 nitrogen and oxygen atoms in total. The lowest BCUT2D eigenvalue weighted by molar-refractivity contribution is -0.128. The minimum Gasteiger partial charge on any atom is -0.351 e. The number of rotatable bonds is 5. The Bertz CT molecular complexity index is 942. The maximum absolute atomic E-state index is 13.3. The quantitative estimate of drug-likeness (QED) is 0.696. The summed E-state index contributed by atoms with van der Waals surface area (Å²) in [6, 6.07) is 5.02. The molecule has 31 heavy (non-hydrogen) atoms. The fourth-order valence-electron chi connectivity index (χ4n) is 7.29. The molecule has 0 aromatic heterocycles. The number of hydrogen-bond acceptors (Lipinski definition) is 3. The Balaban J connectivity index is 1.24. The topological polar surface area (TPSA) is 66.5 Å². The van der Waals surface area contributed by atoms with E-state index in [0.717, 1.165) is 49.9 Å². The summed E-state index contributed by atoms with van der Waals surface area (Å²) >= 11 is 6.17. The number of carbonyl (C=O) groups is 1. The van der Waals surface area contributed by atoms with E-state index in [-0.39, 0.29) is 22.3 Å². The summed E-state index contributed by atoms with van der Waals surface area (Å²) in [5.41, 5.74) is 0.607. The zero-order valence-electron chi connectivity index (χ0n) is 18.3. The lowest BCUT2D eigenvalue weighted by Crippen LogP contribution is -2.60. The molecule has 4 bridgehead atoms. The van der Waals surface area contributed by atoms with Crippen molar-refractivity contribution in [2.24, 2.45) is 23.7 Å². The summed E-state index contributed by atoms with van der Waals surface area (Å²) in [5, 5.41) is 3.91. The summed E-state index contributed by atoms with van der Waals surface area (Å²) in [4.78, 5) is 13.3. The van der Waals surface area contributed by atoms with Gasteiger partial charge in [0.15, 0.2) is 0 Å². The number of amides is 1. The van der Waals surface area contributed by atoms with Crippen LogP contribution in [-0.4, -0.2) is 37.3 Å². The number of halogens is 1. The summed E-state index contributed by atoms with van der Waals surface area (Å²) in [6.45, 7) is 2.65. The van der Waals surface area contributed by atoms with E-state index < -0.39 is 10.0 Å². The van der Waals surface area contributed by atoms with Gasteiger partial charge in [-0.3, -0.25) is 4.79 Å². The number of sulfonamides is 1. The van der Waals surface area contributed by atoms with Crippen molar-refractivity contribution in [3.63, 3.8) is 0 Å². The number of piperidine rings is 1. The van der Waals surface area contributed by atoms with Crippen LogP contribution in [0, 0.1) is 30.6 Å². The standard InChI is InChI=1S/C24H33ClN2O3S/c1-16-21(25)5-2-6-22(16)31(29,30)27-7-3-4-17(15-27)11-23(28)26-24-12-18-8-19(13-24)10-20(9-18)14-24/h2,5-6,17-20H,3-4,7-15H2,1H3,(H,26,28). The first-order chi connectivity index (χ1) is 14.7. The highest BCUT2D eigenvalue weighted by Gasteiger charge is 2.51. The van der Waals surface area contributed by atoms with Gasteiger partial charge in [-0.2, -0.15) is 4.31 Å². The Labute approximate surface area is 191 Å². The molecule has 1 N–H and O–H groups in total. The van der Waals surface area contributed by atoms with Crippen molar-refractivity contribution in [3.8, 4) is 0 Å². The van der Waals surface area contributed by atoms with Gasteiger partial charge in [0.1, 0.15) is 0 Å². The molecule has 5 aliphatic rings. The van der Waals surface area contributed by atoms with Crippen LogP contribution in [0.15, 0.2) is 23.1 Å². The van der Waals surface area contributed by atoms with E-state index in [9.17, 15) is 13.2 Å². The molecule has 1 aliphatic heterocycles. The number of nitrogens with one attached hydrogen (secondary N) is 1. The van der Waals surface area contributed by atoms with Gasteiger partial charge >= 0.3 is 0 Å². The van der Waals surface area contributed by atoms with E-state index in [4.69, 9.17) is 11.6 Å². The number of hydrogen-bond donors (Lipinski definition) is 1. The van der Waals surface area contributed by atoms with Crippen molar-refractivity contribution >= 4 is 27.5 Å². The minimum absolute atomic E-state index is 0.0180. The molecule has 1 atom stereocenters. The Kier molecular flexibility index (Phi) is 5.63. The first kappa shape index (κ1) is 21.7. The minimum atomic E-state index is -3.61. The van der Waals surface area contributed by atoms with Crippen molar-refractivity contribution in [2.75, 3.05) is 13.1 Å². The van der Waals surface area contributed by atoms with Crippen molar-refractivity contribution in [1.82, 2.24) is 9.62 Å². The van der Waals surface area contributed by atoms with Crippen molar-refractivity contribution in [1.29, 1.82) is 0 Å². The number of nitrogens with zero attached hydrogens (tertiary/aromatic N) is 1. The first-order valence-corrected chi connectivity index (χ1v) is 13.6. The van der Waals surface area contributed by atoms with Gasteiger partial charge in [0.2, 0.25) is 15.9 Å². The Hall–Kier alpha value is -1.11. The second-order valence-electron chi connectivity index (χ2n) is 10.7. The van der Waals surface area contributed by atoms with Gasteiger partial charge in [-0.1, -0.05) is 17.7 Å². The average molecular weight is 465 g/mol. The predicted octanol–water partition coefficient (Wildman–Crippen LogP) is 4.52. The monoisotopic (exact) mass is 464 g/mol. The fourth-order valence-corrected chi connectivity index (χ4v) is 9.32. The average Bonchev–Trinajstić information content (AvgIpc) is 2.68. The lowest BCUT2D eigenvalue weighted by atomic mass is 9.53. The van der Waals surface area contributed by atoms with Gasteiger partial charge in [0.05, 0.1) is 4.90 Å². The second-order valence-corrected chi connectivity index (χ2v) is 13.0. The number of carbonyl (C=O) groups excluding carboxylic acids is 1. The molecule has 7 heteroatoms. The molecule has 1 heterocycles. The van der Waals surface area contributed by atoms with Crippen LogP contribution in [0.3, 0.4) is 0 Å². The Morgan fingerprint density at radius 2 is 1.81 bits per heavy atom. The normalized spacial score (nSPS) is 35.3. The van der Waals surface area contributed by atoms with Crippen LogP contribution in [0.4, 0.5) is 0 Å². The van der Waals surface area contributed by atoms with Gasteiger partial charge < -0.3 is 5.32 Å². The van der Waals surface area contributed by atoms with E-state index in [1.807, 2.05) is 0 Å². The third-order valence-electron chi connectivity index (χ3n) is 8.23. The SMILES string of the molecule is Cc1c(Cl)cccc1S(=O)(=O)N1CCCC(CC(=O)NC23CC4CC(CC(C4)C2)C3)C1. The van der Waals surface area contributed by atoms with Crippen LogP contribution in [0.1, 0.15) is 63.4 Å². The molecule has 1 unspecified atom stereocenters. The molecular formula is C24H33ClN2O3S. The molecule has 170 valence electrons.